The maximum atomic E-state index is 14.3. The molecule has 0 aromatic heterocycles. The Bertz CT molecular complexity index is 567. The molecule has 1 saturated heterocycles. The Labute approximate surface area is 130 Å². The van der Waals surface area contributed by atoms with Crippen LogP contribution in [0.15, 0.2) is 36.9 Å². The maximum absolute atomic E-state index is 14.3. The second-order valence-corrected chi connectivity index (χ2v) is 6.44. The SMILES string of the molecule is C=C[C@H]1COC[C@]1(NC(=O)OC(C)(C)C)c1ccccc1F. The second-order valence-electron chi connectivity index (χ2n) is 6.44. The largest absolute Gasteiger partial charge is 0.444 e. The molecule has 1 aliphatic heterocycles. The minimum absolute atomic E-state index is 0.170. The fourth-order valence-corrected chi connectivity index (χ4v) is 2.65. The summed E-state index contributed by atoms with van der Waals surface area (Å²) >= 11 is 0. The van der Waals surface area contributed by atoms with Crippen LogP contribution in [0.25, 0.3) is 0 Å². The van der Waals surface area contributed by atoms with E-state index >= 15 is 0 Å². The Morgan fingerprint density at radius 2 is 2.18 bits per heavy atom. The molecular formula is C17H22FNO3. The Kier molecular flexibility index (Phi) is 4.56. The van der Waals surface area contributed by atoms with Gasteiger partial charge in [-0.2, -0.15) is 0 Å². The summed E-state index contributed by atoms with van der Waals surface area (Å²) in [7, 11) is 0. The molecule has 0 saturated carbocycles. The van der Waals surface area contributed by atoms with Crippen molar-refractivity contribution >= 4 is 6.09 Å². The number of amides is 1. The third kappa shape index (κ3) is 3.30. The minimum atomic E-state index is -1.00. The lowest BCUT2D eigenvalue weighted by molar-refractivity contribution is 0.0422. The molecule has 120 valence electrons. The fraction of sp³-hybridized carbons (Fsp3) is 0.471. The molecule has 0 radical (unpaired) electrons. The summed E-state index contributed by atoms with van der Waals surface area (Å²) in [6.45, 7) is 9.65. The normalized spacial score (nSPS) is 24.8. The highest BCUT2D eigenvalue weighted by molar-refractivity contribution is 5.69. The number of nitrogens with one attached hydrogen (secondary N) is 1. The highest BCUT2D eigenvalue weighted by atomic mass is 19.1. The number of halogens is 1. The Hall–Kier alpha value is -1.88. The van der Waals surface area contributed by atoms with Crippen LogP contribution in [-0.4, -0.2) is 24.9 Å². The summed E-state index contributed by atoms with van der Waals surface area (Å²) in [6.07, 6.45) is 1.07. The van der Waals surface area contributed by atoms with E-state index in [0.29, 0.717) is 12.2 Å². The molecule has 1 aromatic carbocycles. The van der Waals surface area contributed by atoms with Crippen molar-refractivity contribution in [2.24, 2.45) is 5.92 Å². The monoisotopic (exact) mass is 307 g/mol. The zero-order chi connectivity index (χ0) is 16.4. The van der Waals surface area contributed by atoms with Crippen molar-refractivity contribution in [1.29, 1.82) is 0 Å². The van der Waals surface area contributed by atoms with Gasteiger partial charge in [-0.05, 0) is 26.8 Å². The molecule has 0 spiro atoms. The summed E-state index contributed by atoms with van der Waals surface area (Å²) in [5.74, 6) is -0.632. The quantitative estimate of drug-likeness (QED) is 0.871. The number of hydrogen-bond acceptors (Lipinski definition) is 3. The second kappa shape index (κ2) is 6.08. The Morgan fingerprint density at radius 3 is 2.77 bits per heavy atom. The summed E-state index contributed by atoms with van der Waals surface area (Å²) < 4.78 is 25.1. The Morgan fingerprint density at radius 1 is 1.50 bits per heavy atom. The first kappa shape index (κ1) is 16.5. The lowest BCUT2D eigenvalue weighted by Gasteiger charge is -2.35. The van der Waals surface area contributed by atoms with Gasteiger partial charge in [-0.25, -0.2) is 9.18 Å². The van der Waals surface area contributed by atoms with Crippen molar-refractivity contribution < 1.29 is 18.7 Å². The van der Waals surface area contributed by atoms with Gasteiger partial charge in [0.15, 0.2) is 0 Å². The summed E-state index contributed by atoms with van der Waals surface area (Å²) in [5.41, 5.74) is -1.26. The number of carbonyl (C=O) groups excluding carboxylic acids is 1. The number of ether oxygens (including phenoxy) is 2. The number of alkyl carbamates (subject to hydrolysis) is 1. The van der Waals surface area contributed by atoms with Gasteiger partial charge in [0.1, 0.15) is 17.0 Å². The Balaban J connectivity index is 2.38. The molecule has 1 heterocycles. The van der Waals surface area contributed by atoms with Crippen molar-refractivity contribution in [3.05, 3.63) is 48.3 Å². The van der Waals surface area contributed by atoms with Gasteiger partial charge in [0, 0.05) is 11.5 Å². The first-order valence-corrected chi connectivity index (χ1v) is 7.25. The van der Waals surface area contributed by atoms with Crippen molar-refractivity contribution in [3.8, 4) is 0 Å². The van der Waals surface area contributed by atoms with Crippen LogP contribution in [0.4, 0.5) is 9.18 Å². The van der Waals surface area contributed by atoms with Gasteiger partial charge >= 0.3 is 6.09 Å². The van der Waals surface area contributed by atoms with E-state index in [2.05, 4.69) is 11.9 Å². The standard InChI is InChI=1S/C17H22FNO3/c1-5-12-10-21-11-17(12,13-8-6-7-9-14(13)18)19-15(20)22-16(2,3)4/h5-9,12H,1,10-11H2,2-4H3,(H,19,20)/t12-,17+/m0/s1. The molecule has 1 fully saturated rings. The highest BCUT2D eigenvalue weighted by Crippen LogP contribution is 2.38. The predicted octanol–water partition coefficient (Wildman–Crippen LogP) is 3.38. The molecule has 5 heteroatoms. The molecular weight excluding hydrogens is 285 g/mol. The molecule has 1 aliphatic rings. The number of rotatable bonds is 3. The van der Waals surface area contributed by atoms with E-state index in [1.807, 2.05) is 0 Å². The van der Waals surface area contributed by atoms with E-state index < -0.39 is 23.1 Å². The van der Waals surface area contributed by atoms with Crippen molar-refractivity contribution in [2.45, 2.75) is 31.9 Å². The molecule has 1 amide bonds. The van der Waals surface area contributed by atoms with Crippen LogP contribution in [-0.2, 0) is 15.0 Å². The van der Waals surface area contributed by atoms with Crippen LogP contribution in [0.1, 0.15) is 26.3 Å². The van der Waals surface area contributed by atoms with E-state index in [-0.39, 0.29) is 12.5 Å². The lowest BCUT2D eigenvalue weighted by Crippen LogP contribution is -2.52. The van der Waals surface area contributed by atoms with Gasteiger partial charge in [-0.15, -0.1) is 6.58 Å². The van der Waals surface area contributed by atoms with Crippen LogP contribution >= 0.6 is 0 Å². The van der Waals surface area contributed by atoms with E-state index in [4.69, 9.17) is 9.47 Å². The predicted molar refractivity (Wildman–Crippen MR) is 82.0 cm³/mol. The number of carbonyl (C=O) groups is 1. The summed E-state index contributed by atoms with van der Waals surface area (Å²) in [4.78, 5) is 12.2. The molecule has 0 unspecified atom stereocenters. The topological polar surface area (TPSA) is 47.6 Å². The number of hydrogen-bond donors (Lipinski definition) is 1. The third-order valence-electron chi connectivity index (χ3n) is 3.62. The van der Waals surface area contributed by atoms with Crippen molar-refractivity contribution in [2.75, 3.05) is 13.2 Å². The van der Waals surface area contributed by atoms with E-state index in [1.54, 1.807) is 45.0 Å². The smallest absolute Gasteiger partial charge is 0.408 e. The van der Waals surface area contributed by atoms with Gasteiger partial charge < -0.3 is 14.8 Å². The molecule has 2 atom stereocenters. The minimum Gasteiger partial charge on any atom is -0.444 e. The molecule has 2 rings (SSSR count). The molecule has 1 N–H and O–H groups in total. The first-order valence-electron chi connectivity index (χ1n) is 7.25. The van der Waals surface area contributed by atoms with Crippen LogP contribution in [0.5, 0.6) is 0 Å². The van der Waals surface area contributed by atoms with Crippen LogP contribution in [0.2, 0.25) is 0 Å². The van der Waals surface area contributed by atoms with E-state index in [9.17, 15) is 9.18 Å². The van der Waals surface area contributed by atoms with Crippen molar-refractivity contribution in [1.82, 2.24) is 5.32 Å². The average Bonchev–Trinajstić information content (AvgIpc) is 2.80. The van der Waals surface area contributed by atoms with Gasteiger partial charge in [0.2, 0.25) is 0 Å². The van der Waals surface area contributed by atoms with Gasteiger partial charge in [-0.3, -0.25) is 0 Å². The zero-order valence-corrected chi connectivity index (χ0v) is 13.2. The zero-order valence-electron chi connectivity index (χ0n) is 13.2. The van der Waals surface area contributed by atoms with E-state index in [0.717, 1.165) is 0 Å². The fourth-order valence-electron chi connectivity index (χ4n) is 2.65. The van der Waals surface area contributed by atoms with Crippen LogP contribution < -0.4 is 5.32 Å². The van der Waals surface area contributed by atoms with Gasteiger partial charge in [-0.1, -0.05) is 24.3 Å². The molecule has 1 aromatic rings. The van der Waals surface area contributed by atoms with Gasteiger partial charge in [0.05, 0.1) is 13.2 Å². The third-order valence-corrected chi connectivity index (χ3v) is 3.62. The molecule has 0 aliphatic carbocycles. The highest BCUT2D eigenvalue weighted by Gasteiger charge is 2.47. The van der Waals surface area contributed by atoms with Gasteiger partial charge in [0.25, 0.3) is 0 Å². The summed E-state index contributed by atoms with van der Waals surface area (Å²) in [5, 5.41) is 2.81. The first-order chi connectivity index (χ1) is 10.3. The number of benzene rings is 1. The molecule has 0 bridgehead atoms. The molecule has 22 heavy (non-hydrogen) atoms. The van der Waals surface area contributed by atoms with Crippen molar-refractivity contribution in [3.63, 3.8) is 0 Å². The molecule has 4 nitrogen and oxygen atoms in total. The lowest BCUT2D eigenvalue weighted by atomic mass is 9.80. The van der Waals surface area contributed by atoms with E-state index in [1.165, 1.54) is 6.07 Å². The van der Waals surface area contributed by atoms with Crippen LogP contribution in [0, 0.1) is 11.7 Å². The average molecular weight is 307 g/mol. The maximum Gasteiger partial charge on any atom is 0.408 e. The summed E-state index contributed by atoms with van der Waals surface area (Å²) in [6, 6.07) is 6.36. The van der Waals surface area contributed by atoms with Crippen LogP contribution in [0.3, 0.4) is 0 Å².